The van der Waals surface area contributed by atoms with E-state index in [0.29, 0.717) is 0 Å². The lowest BCUT2D eigenvalue weighted by Gasteiger charge is -2.14. The standard InChI is InChI=1S/C11H13N3O/c12-8-1-2-10-9(5-8)13-7-14(10)11(6-15)3-4-11/h1-2,5,7,15H,3-4,6,12H2. The van der Waals surface area contributed by atoms with E-state index >= 15 is 0 Å². The number of rotatable bonds is 2. The van der Waals surface area contributed by atoms with Crippen molar-refractivity contribution in [3.63, 3.8) is 0 Å². The second-order valence-corrected chi connectivity index (χ2v) is 4.25. The predicted molar refractivity (Wildman–Crippen MR) is 58.4 cm³/mol. The van der Waals surface area contributed by atoms with Crippen molar-refractivity contribution >= 4 is 16.7 Å². The number of benzene rings is 1. The van der Waals surface area contributed by atoms with Gasteiger partial charge in [0.25, 0.3) is 0 Å². The molecule has 1 aromatic heterocycles. The van der Waals surface area contributed by atoms with Gasteiger partial charge in [-0.1, -0.05) is 0 Å². The fourth-order valence-electron chi connectivity index (χ4n) is 2.03. The Hall–Kier alpha value is -1.55. The number of aliphatic hydroxyl groups is 1. The van der Waals surface area contributed by atoms with Crippen molar-refractivity contribution in [3.05, 3.63) is 24.5 Å². The first-order chi connectivity index (χ1) is 7.25. The Kier molecular flexibility index (Phi) is 1.59. The van der Waals surface area contributed by atoms with Gasteiger partial charge in [0.2, 0.25) is 0 Å². The summed E-state index contributed by atoms with van der Waals surface area (Å²) >= 11 is 0. The zero-order valence-electron chi connectivity index (χ0n) is 8.35. The van der Waals surface area contributed by atoms with E-state index in [9.17, 15) is 5.11 Å². The van der Waals surface area contributed by atoms with Crippen LogP contribution in [0.1, 0.15) is 12.8 Å². The van der Waals surface area contributed by atoms with Gasteiger partial charge in [-0.05, 0) is 31.0 Å². The van der Waals surface area contributed by atoms with Crippen LogP contribution in [-0.4, -0.2) is 21.3 Å². The van der Waals surface area contributed by atoms with Crippen LogP contribution in [0.5, 0.6) is 0 Å². The second kappa shape index (κ2) is 2.73. The minimum absolute atomic E-state index is 0.0924. The maximum Gasteiger partial charge on any atom is 0.0964 e. The fourth-order valence-corrected chi connectivity index (χ4v) is 2.03. The molecule has 0 radical (unpaired) electrons. The molecule has 0 aliphatic heterocycles. The number of anilines is 1. The van der Waals surface area contributed by atoms with Crippen LogP contribution in [0.4, 0.5) is 5.69 Å². The molecule has 0 unspecified atom stereocenters. The molecule has 3 rings (SSSR count). The highest BCUT2D eigenvalue weighted by Crippen LogP contribution is 2.44. The molecule has 15 heavy (non-hydrogen) atoms. The Morgan fingerprint density at radius 3 is 2.93 bits per heavy atom. The summed E-state index contributed by atoms with van der Waals surface area (Å²) in [6.07, 6.45) is 3.85. The van der Waals surface area contributed by atoms with Crippen LogP contribution in [0.3, 0.4) is 0 Å². The molecule has 4 heteroatoms. The smallest absolute Gasteiger partial charge is 0.0964 e. The lowest BCUT2D eigenvalue weighted by Crippen LogP contribution is -2.20. The first kappa shape index (κ1) is 8.73. The first-order valence-corrected chi connectivity index (χ1v) is 5.09. The Labute approximate surface area is 87.3 Å². The molecule has 1 aromatic carbocycles. The second-order valence-electron chi connectivity index (χ2n) is 4.25. The van der Waals surface area contributed by atoms with E-state index in [1.54, 1.807) is 6.33 Å². The molecule has 1 saturated carbocycles. The van der Waals surface area contributed by atoms with E-state index in [-0.39, 0.29) is 12.1 Å². The van der Waals surface area contributed by atoms with Crippen molar-refractivity contribution in [2.24, 2.45) is 0 Å². The third-order valence-corrected chi connectivity index (χ3v) is 3.20. The highest BCUT2D eigenvalue weighted by Gasteiger charge is 2.44. The van der Waals surface area contributed by atoms with Gasteiger partial charge in [-0.15, -0.1) is 0 Å². The van der Waals surface area contributed by atoms with Crippen LogP contribution >= 0.6 is 0 Å². The number of nitrogens with zero attached hydrogens (tertiary/aromatic N) is 2. The Bertz CT molecular complexity index is 514. The maximum atomic E-state index is 9.37. The number of nitrogen functional groups attached to an aromatic ring is 1. The van der Waals surface area contributed by atoms with Crippen LogP contribution < -0.4 is 5.73 Å². The summed E-state index contributed by atoms with van der Waals surface area (Å²) in [6, 6.07) is 5.70. The molecule has 3 N–H and O–H groups in total. The normalized spacial score (nSPS) is 18.2. The van der Waals surface area contributed by atoms with Crippen molar-refractivity contribution in [1.82, 2.24) is 9.55 Å². The van der Waals surface area contributed by atoms with Crippen LogP contribution in [0.2, 0.25) is 0 Å². The van der Waals surface area contributed by atoms with E-state index in [1.165, 1.54) is 0 Å². The molecule has 0 saturated heterocycles. The zero-order chi connectivity index (χ0) is 10.5. The average molecular weight is 203 g/mol. The summed E-state index contributed by atoms with van der Waals surface area (Å²) in [5, 5.41) is 9.37. The monoisotopic (exact) mass is 203 g/mol. The maximum absolute atomic E-state index is 9.37. The Balaban J connectivity index is 2.21. The van der Waals surface area contributed by atoms with Gasteiger partial charge in [0, 0.05) is 5.69 Å². The van der Waals surface area contributed by atoms with Crippen molar-refractivity contribution in [1.29, 1.82) is 0 Å². The molecule has 0 bridgehead atoms. The van der Waals surface area contributed by atoms with Gasteiger partial charge >= 0.3 is 0 Å². The van der Waals surface area contributed by atoms with Gasteiger partial charge in [0.15, 0.2) is 0 Å². The number of fused-ring (bicyclic) bond motifs is 1. The number of aliphatic hydroxyl groups excluding tert-OH is 1. The van der Waals surface area contributed by atoms with E-state index < -0.39 is 0 Å². The third-order valence-electron chi connectivity index (χ3n) is 3.20. The quantitative estimate of drug-likeness (QED) is 0.718. The summed E-state index contributed by atoms with van der Waals surface area (Å²) in [6.45, 7) is 0.183. The van der Waals surface area contributed by atoms with Gasteiger partial charge < -0.3 is 15.4 Å². The summed E-state index contributed by atoms with van der Waals surface area (Å²) in [5.74, 6) is 0. The average Bonchev–Trinajstić information content (AvgIpc) is 2.93. The molecule has 0 atom stereocenters. The first-order valence-electron chi connectivity index (χ1n) is 5.09. The number of aromatic nitrogens is 2. The van der Waals surface area contributed by atoms with Gasteiger partial charge in [0.1, 0.15) is 0 Å². The van der Waals surface area contributed by atoms with E-state index in [4.69, 9.17) is 5.73 Å². The van der Waals surface area contributed by atoms with Gasteiger partial charge in [-0.3, -0.25) is 0 Å². The van der Waals surface area contributed by atoms with Crippen LogP contribution in [0.15, 0.2) is 24.5 Å². The van der Waals surface area contributed by atoms with Crippen LogP contribution in [0.25, 0.3) is 11.0 Å². The molecule has 0 amide bonds. The summed E-state index contributed by atoms with van der Waals surface area (Å²) in [7, 11) is 0. The summed E-state index contributed by atoms with van der Waals surface area (Å²) in [5.41, 5.74) is 8.27. The van der Waals surface area contributed by atoms with Gasteiger partial charge in [-0.2, -0.15) is 0 Å². The van der Waals surface area contributed by atoms with Crippen molar-refractivity contribution in [2.45, 2.75) is 18.4 Å². The van der Waals surface area contributed by atoms with E-state index in [1.807, 2.05) is 18.2 Å². The molecule has 1 aliphatic rings. The van der Waals surface area contributed by atoms with Crippen molar-refractivity contribution in [3.8, 4) is 0 Å². The number of imidazole rings is 1. The minimum atomic E-state index is -0.0924. The summed E-state index contributed by atoms with van der Waals surface area (Å²) < 4.78 is 2.07. The molecule has 78 valence electrons. The fraction of sp³-hybridized carbons (Fsp3) is 0.364. The SMILES string of the molecule is Nc1ccc2c(c1)ncn2C1(CO)CC1. The van der Waals surface area contributed by atoms with E-state index in [0.717, 1.165) is 29.6 Å². The largest absolute Gasteiger partial charge is 0.399 e. The molecule has 4 nitrogen and oxygen atoms in total. The summed E-state index contributed by atoms with van der Waals surface area (Å²) in [4.78, 5) is 4.31. The molecule has 1 fully saturated rings. The van der Waals surface area contributed by atoms with Gasteiger partial charge in [0.05, 0.1) is 29.5 Å². The zero-order valence-corrected chi connectivity index (χ0v) is 8.35. The topological polar surface area (TPSA) is 64.1 Å². The molecule has 1 heterocycles. The number of nitrogens with two attached hydrogens (primary N) is 1. The van der Waals surface area contributed by atoms with Crippen molar-refractivity contribution in [2.75, 3.05) is 12.3 Å². The highest BCUT2D eigenvalue weighted by molar-refractivity contribution is 5.79. The lowest BCUT2D eigenvalue weighted by molar-refractivity contribution is 0.216. The predicted octanol–water partition coefficient (Wildman–Crippen LogP) is 1.10. The number of hydrogen-bond acceptors (Lipinski definition) is 3. The molecule has 1 aliphatic carbocycles. The van der Waals surface area contributed by atoms with Crippen LogP contribution in [0, 0.1) is 0 Å². The molecule has 0 spiro atoms. The lowest BCUT2D eigenvalue weighted by atomic mass is 10.2. The minimum Gasteiger partial charge on any atom is -0.399 e. The molecule has 2 aromatic rings. The van der Waals surface area contributed by atoms with Gasteiger partial charge in [-0.25, -0.2) is 4.98 Å². The van der Waals surface area contributed by atoms with Crippen molar-refractivity contribution < 1.29 is 5.11 Å². The number of hydrogen-bond donors (Lipinski definition) is 2. The Morgan fingerprint density at radius 2 is 2.27 bits per heavy atom. The Morgan fingerprint density at radius 1 is 1.47 bits per heavy atom. The third kappa shape index (κ3) is 1.15. The molecular weight excluding hydrogens is 190 g/mol. The highest BCUT2D eigenvalue weighted by atomic mass is 16.3. The molecular formula is C11H13N3O. The van der Waals surface area contributed by atoms with E-state index in [2.05, 4.69) is 9.55 Å². The van der Waals surface area contributed by atoms with Crippen LogP contribution in [-0.2, 0) is 5.54 Å².